The zero-order valence-electron chi connectivity index (χ0n) is 16.5. The van der Waals surface area contributed by atoms with Gasteiger partial charge in [0.25, 0.3) is 10.0 Å². The number of benzene rings is 3. The Bertz CT molecular complexity index is 1310. The third-order valence-corrected chi connectivity index (χ3v) is 8.52. The lowest BCUT2D eigenvalue weighted by Crippen LogP contribution is -2.35. The van der Waals surface area contributed by atoms with Crippen molar-refractivity contribution in [3.05, 3.63) is 88.9 Å². The SMILES string of the molecule is O=S(=O)(Cc1ccccc1Cl)Nc1ccc(S(=O)(=O)N2CCCc3ccccc32)cc1. The van der Waals surface area contributed by atoms with Crippen molar-refractivity contribution < 1.29 is 16.8 Å². The van der Waals surface area contributed by atoms with E-state index in [4.69, 9.17) is 11.6 Å². The number of fused-ring (bicyclic) bond motifs is 1. The van der Waals surface area contributed by atoms with Gasteiger partial charge in [0.2, 0.25) is 10.0 Å². The fourth-order valence-corrected chi connectivity index (χ4v) is 6.66. The summed E-state index contributed by atoms with van der Waals surface area (Å²) < 4.78 is 55.3. The number of para-hydroxylation sites is 1. The highest BCUT2D eigenvalue weighted by Gasteiger charge is 2.28. The highest BCUT2D eigenvalue weighted by Crippen LogP contribution is 2.32. The van der Waals surface area contributed by atoms with Crippen LogP contribution in [0.3, 0.4) is 0 Å². The van der Waals surface area contributed by atoms with Crippen molar-refractivity contribution in [1.29, 1.82) is 0 Å². The molecule has 0 amide bonds. The van der Waals surface area contributed by atoms with Gasteiger partial charge < -0.3 is 0 Å². The summed E-state index contributed by atoms with van der Waals surface area (Å²) in [6.07, 6.45) is 1.59. The summed E-state index contributed by atoms with van der Waals surface area (Å²) in [5, 5.41) is 0.371. The van der Waals surface area contributed by atoms with Gasteiger partial charge in [-0.15, -0.1) is 0 Å². The molecule has 162 valence electrons. The van der Waals surface area contributed by atoms with E-state index in [1.165, 1.54) is 28.6 Å². The predicted octanol–water partition coefficient (Wildman–Crippen LogP) is 4.42. The van der Waals surface area contributed by atoms with Crippen molar-refractivity contribution in [2.24, 2.45) is 0 Å². The van der Waals surface area contributed by atoms with Crippen molar-refractivity contribution >= 4 is 43.0 Å². The van der Waals surface area contributed by atoms with Crippen molar-refractivity contribution in [2.45, 2.75) is 23.5 Å². The maximum absolute atomic E-state index is 13.2. The minimum atomic E-state index is -3.75. The van der Waals surface area contributed by atoms with E-state index < -0.39 is 20.0 Å². The van der Waals surface area contributed by atoms with Crippen LogP contribution in [-0.4, -0.2) is 23.4 Å². The van der Waals surface area contributed by atoms with Crippen molar-refractivity contribution in [3.8, 4) is 0 Å². The van der Waals surface area contributed by atoms with Crippen LogP contribution in [0.4, 0.5) is 11.4 Å². The van der Waals surface area contributed by atoms with Gasteiger partial charge in [-0.2, -0.15) is 0 Å². The molecule has 4 rings (SSSR count). The third kappa shape index (κ3) is 4.71. The van der Waals surface area contributed by atoms with Crippen molar-refractivity contribution in [1.82, 2.24) is 0 Å². The normalized spacial score (nSPS) is 14.2. The lowest BCUT2D eigenvalue weighted by molar-refractivity contribution is 0.586. The van der Waals surface area contributed by atoms with Crippen LogP contribution in [-0.2, 0) is 32.2 Å². The molecule has 6 nitrogen and oxygen atoms in total. The summed E-state index contributed by atoms with van der Waals surface area (Å²) >= 11 is 6.05. The van der Waals surface area contributed by atoms with Crippen LogP contribution in [0.15, 0.2) is 77.7 Å². The largest absolute Gasteiger partial charge is 0.283 e. The summed E-state index contributed by atoms with van der Waals surface area (Å²) in [7, 11) is -7.46. The first-order chi connectivity index (χ1) is 14.8. The molecular formula is C22H21ClN2O4S2. The fourth-order valence-electron chi connectivity index (χ4n) is 3.61. The Balaban J connectivity index is 1.54. The molecule has 0 bridgehead atoms. The molecule has 0 aromatic heterocycles. The molecule has 0 fully saturated rings. The van der Waals surface area contributed by atoms with Gasteiger partial charge in [0.15, 0.2) is 0 Å². The standard InChI is InChI=1S/C22H21ClN2O4S2/c23-21-9-3-1-7-18(21)16-30(26,27)24-19-11-13-20(14-12-19)31(28,29)25-15-5-8-17-6-2-4-10-22(17)25/h1-4,6-7,9-14,24H,5,8,15-16H2. The Labute approximate surface area is 187 Å². The first kappa shape index (κ1) is 21.7. The van der Waals surface area contributed by atoms with E-state index in [0.717, 1.165) is 18.4 Å². The van der Waals surface area contributed by atoms with E-state index in [1.54, 1.807) is 24.3 Å². The maximum atomic E-state index is 13.2. The second-order valence-corrected chi connectivity index (χ2v) is 11.3. The molecule has 31 heavy (non-hydrogen) atoms. The van der Waals surface area contributed by atoms with Crippen LogP contribution in [0, 0.1) is 0 Å². The lowest BCUT2D eigenvalue weighted by Gasteiger charge is -2.30. The average Bonchev–Trinajstić information content (AvgIpc) is 2.75. The number of nitrogens with one attached hydrogen (secondary N) is 1. The van der Waals surface area contributed by atoms with Crippen LogP contribution in [0.25, 0.3) is 0 Å². The molecule has 3 aromatic rings. The van der Waals surface area contributed by atoms with Crippen LogP contribution in [0.5, 0.6) is 0 Å². The molecule has 0 saturated carbocycles. The lowest BCUT2D eigenvalue weighted by atomic mass is 10.0. The predicted molar refractivity (Wildman–Crippen MR) is 123 cm³/mol. The number of hydrogen-bond acceptors (Lipinski definition) is 4. The van der Waals surface area contributed by atoms with Crippen LogP contribution in [0.2, 0.25) is 5.02 Å². The second kappa shape index (κ2) is 8.53. The van der Waals surface area contributed by atoms with Crippen LogP contribution >= 0.6 is 11.6 Å². The summed E-state index contributed by atoms with van der Waals surface area (Å²) in [6, 6.07) is 19.9. The number of anilines is 2. The molecular weight excluding hydrogens is 456 g/mol. The van der Waals surface area contributed by atoms with Gasteiger partial charge in [0.1, 0.15) is 0 Å². The minimum absolute atomic E-state index is 0.109. The summed E-state index contributed by atoms with van der Waals surface area (Å²) in [5.41, 5.74) is 2.46. The number of nitrogens with zero attached hydrogens (tertiary/aromatic N) is 1. The Hall–Kier alpha value is -2.55. The monoisotopic (exact) mass is 476 g/mol. The number of hydrogen-bond donors (Lipinski definition) is 1. The van der Waals surface area contributed by atoms with E-state index in [1.807, 2.05) is 24.3 Å². The molecule has 0 aliphatic carbocycles. The van der Waals surface area contributed by atoms with Gasteiger partial charge in [-0.25, -0.2) is 16.8 Å². The Morgan fingerprint density at radius 3 is 2.29 bits per heavy atom. The van der Waals surface area contributed by atoms with Crippen molar-refractivity contribution in [2.75, 3.05) is 15.6 Å². The zero-order valence-corrected chi connectivity index (χ0v) is 18.9. The quantitative estimate of drug-likeness (QED) is 0.570. The van der Waals surface area contributed by atoms with Gasteiger partial charge in [-0.3, -0.25) is 9.03 Å². The Morgan fingerprint density at radius 1 is 0.871 bits per heavy atom. The number of sulfonamides is 2. The van der Waals surface area contributed by atoms with Gasteiger partial charge in [-0.1, -0.05) is 48.0 Å². The fraction of sp³-hybridized carbons (Fsp3) is 0.182. The first-order valence-electron chi connectivity index (χ1n) is 9.71. The molecule has 0 radical (unpaired) electrons. The summed E-state index contributed by atoms with van der Waals surface area (Å²) in [5.74, 6) is -0.280. The van der Waals surface area contributed by atoms with Crippen molar-refractivity contribution in [3.63, 3.8) is 0 Å². The molecule has 1 aliphatic heterocycles. The van der Waals surface area contributed by atoms with Gasteiger partial charge in [-0.05, 0) is 60.4 Å². The topological polar surface area (TPSA) is 83.5 Å². The van der Waals surface area contributed by atoms with E-state index in [0.29, 0.717) is 22.8 Å². The molecule has 1 N–H and O–H groups in total. The van der Waals surface area contributed by atoms with E-state index in [9.17, 15) is 16.8 Å². The Kier molecular flexibility index (Phi) is 5.96. The second-order valence-electron chi connectivity index (χ2n) is 7.29. The zero-order chi connectivity index (χ0) is 22.1. The molecule has 9 heteroatoms. The van der Waals surface area contributed by atoms with Gasteiger partial charge in [0.05, 0.1) is 16.3 Å². The third-order valence-electron chi connectivity index (χ3n) is 5.09. The molecule has 0 saturated heterocycles. The molecule has 0 atom stereocenters. The molecule has 3 aromatic carbocycles. The summed E-state index contributed by atoms with van der Waals surface area (Å²) in [6.45, 7) is 0.408. The average molecular weight is 477 g/mol. The summed E-state index contributed by atoms with van der Waals surface area (Å²) in [4.78, 5) is 0.109. The number of rotatable bonds is 6. The molecule has 1 heterocycles. The van der Waals surface area contributed by atoms with Gasteiger partial charge in [0, 0.05) is 17.3 Å². The van der Waals surface area contributed by atoms with E-state index in [2.05, 4.69) is 4.72 Å². The minimum Gasteiger partial charge on any atom is -0.283 e. The smallest absolute Gasteiger partial charge is 0.264 e. The van der Waals surface area contributed by atoms with E-state index in [-0.39, 0.29) is 16.3 Å². The van der Waals surface area contributed by atoms with Crippen LogP contribution in [0.1, 0.15) is 17.5 Å². The molecule has 0 spiro atoms. The number of aryl methyl sites for hydroxylation is 1. The van der Waals surface area contributed by atoms with Crippen LogP contribution < -0.4 is 9.03 Å². The highest BCUT2D eigenvalue weighted by molar-refractivity contribution is 7.93. The molecule has 0 unspecified atom stereocenters. The molecule has 1 aliphatic rings. The Morgan fingerprint density at radius 2 is 1.55 bits per heavy atom. The van der Waals surface area contributed by atoms with Gasteiger partial charge >= 0.3 is 0 Å². The first-order valence-corrected chi connectivity index (χ1v) is 13.2. The van der Waals surface area contributed by atoms with E-state index >= 15 is 0 Å². The number of halogens is 1. The highest BCUT2D eigenvalue weighted by atomic mass is 35.5. The maximum Gasteiger partial charge on any atom is 0.264 e.